The Kier molecular flexibility index (Phi) is 5.59. The van der Waals surface area contributed by atoms with Crippen molar-refractivity contribution in [1.82, 2.24) is 15.1 Å². The molecular weight excluding hydrogens is 304 g/mol. The molecule has 4 nitrogen and oxygen atoms in total. The summed E-state index contributed by atoms with van der Waals surface area (Å²) in [5, 5.41) is 12.1. The van der Waals surface area contributed by atoms with Crippen molar-refractivity contribution in [3.8, 4) is 0 Å². The van der Waals surface area contributed by atoms with Crippen LogP contribution in [0.25, 0.3) is 0 Å². The molecule has 1 heterocycles. The molecular formula is C15H19ClN4S. The molecule has 2 aromatic rings. The first kappa shape index (κ1) is 15.8. The number of hydrogen-bond donors (Lipinski definition) is 2. The van der Waals surface area contributed by atoms with Crippen molar-refractivity contribution in [3.63, 3.8) is 0 Å². The topological polar surface area (TPSA) is 41.9 Å². The van der Waals surface area contributed by atoms with Gasteiger partial charge in [0.2, 0.25) is 0 Å². The summed E-state index contributed by atoms with van der Waals surface area (Å²) in [5.74, 6) is 0.759. The first-order valence-corrected chi connectivity index (χ1v) is 7.71. The summed E-state index contributed by atoms with van der Waals surface area (Å²) in [5.41, 5.74) is 2.23. The number of halogens is 1. The van der Waals surface area contributed by atoms with Crippen LogP contribution in [0.2, 0.25) is 5.02 Å². The zero-order valence-corrected chi connectivity index (χ0v) is 13.8. The highest BCUT2D eigenvalue weighted by Gasteiger charge is 2.06. The van der Waals surface area contributed by atoms with Crippen molar-refractivity contribution < 1.29 is 0 Å². The molecule has 0 aliphatic rings. The van der Waals surface area contributed by atoms with Gasteiger partial charge >= 0.3 is 0 Å². The molecule has 0 spiro atoms. The van der Waals surface area contributed by atoms with Gasteiger partial charge in [-0.15, -0.1) is 0 Å². The van der Waals surface area contributed by atoms with Gasteiger partial charge in [0.15, 0.2) is 10.9 Å². The summed E-state index contributed by atoms with van der Waals surface area (Å²) in [7, 11) is 0. The predicted molar refractivity (Wildman–Crippen MR) is 92.0 cm³/mol. The van der Waals surface area contributed by atoms with Crippen LogP contribution in [-0.2, 0) is 6.54 Å². The Labute approximate surface area is 135 Å². The highest BCUT2D eigenvalue weighted by atomic mass is 35.5. The molecule has 6 heteroatoms. The molecule has 0 unspecified atom stereocenters. The van der Waals surface area contributed by atoms with Crippen molar-refractivity contribution in [2.24, 2.45) is 0 Å². The molecule has 0 bridgehead atoms. The minimum atomic E-state index is 0.605. The van der Waals surface area contributed by atoms with Crippen LogP contribution in [0.3, 0.4) is 0 Å². The van der Waals surface area contributed by atoms with Gasteiger partial charge in [-0.1, -0.05) is 30.7 Å². The fraction of sp³-hybridized carbons (Fsp3) is 0.333. The van der Waals surface area contributed by atoms with E-state index in [1.807, 2.05) is 41.9 Å². The van der Waals surface area contributed by atoms with Crippen LogP contribution in [-0.4, -0.2) is 21.4 Å². The number of aromatic nitrogens is 2. The molecule has 0 radical (unpaired) electrons. The van der Waals surface area contributed by atoms with Crippen LogP contribution in [0, 0.1) is 6.92 Å². The van der Waals surface area contributed by atoms with Gasteiger partial charge in [0.1, 0.15) is 0 Å². The molecule has 0 saturated heterocycles. The maximum Gasteiger partial charge on any atom is 0.171 e. The second-order valence-electron chi connectivity index (χ2n) is 4.84. The lowest BCUT2D eigenvalue weighted by Crippen LogP contribution is -2.29. The fourth-order valence-electron chi connectivity index (χ4n) is 1.89. The van der Waals surface area contributed by atoms with E-state index < -0.39 is 0 Å². The summed E-state index contributed by atoms with van der Waals surface area (Å²) < 4.78 is 1.94. The number of nitrogens with one attached hydrogen (secondary N) is 2. The Balaban J connectivity index is 2.01. The van der Waals surface area contributed by atoms with E-state index in [0.29, 0.717) is 11.7 Å². The number of hydrogen-bond acceptors (Lipinski definition) is 2. The third-order valence-electron chi connectivity index (χ3n) is 3.00. The van der Waals surface area contributed by atoms with Crippen molar-refractivity contribution >= 4 is 34.7 Å². The van der Waals surface area contributed by atoms with Crippen LogP contribution >= 0.6 is 23.8 Å². The zero-order valence-electron chi connectivity index (χ0n) is 12.2. The number of benzene rings is 1. The summed E-state index contributed by atoms with van der Waals surface area (Å²) >= 11 is 11.1. The first-order valence-electron chi connectivity index (χ1n) is 6.92. The molecule has 2 rings (SSSR count). The second kappa shape index (κ2) is 7.43. The van der Waals surface area contributed by atoms with E-state index in [9.17, 15) is 0 Å². The van der Waals surface area contributed by atoms with Gasteiger partial charge in [0.25, 0.3) is 0 Å². The molecule has 1 aromatic carbocycles. The third-order valence-corrected chi connectivity index (χ3v) is 3.50. The Hall–Kier alpha value is -1.59. The number of rotatable bonds is 5. The van der Waals surface area contributed by atoms with Crippen molar-refractivity contribution in [2.75, 3.05) is 11.9 Å². The predicted octanol–water partition coefficient (Wildman–Crippen LogP) is 3.59. The van der Waals surface area contributed by atoms with Gasteiger partial charge in [-0.2, -0.15) is 5.10 Å². The monoisotopic (exact) mass is 322 g/mol. The molecule has 0 amide bonds. The van der Waals surface area contributed by atoms with E-state index in [1.54, 1.807) is 0 Å². The Bertz CT molecular complexity index is 607. The fourth-order valence-corrected chi connectivity index (χ4v) is 2.23. The molecule has 1 aromatic heterocycles. The summed E-state index contributed by atoms with van der Waals surface area (Å²) in [6.45, 7) is 5.69. The standard InChI is InChI=1S/C15H19ClN4S/c1-3-8-17-15(21)18-14-9-11(2)20(19-14)10-12-4-6-13(16)7-5-12/h4-7,9H,3,8,10H2,1-2H3,(H2,17,18,19,21). The Morgan fingerprint density at radius 3 is 2.71 bits per heavy atom. The molecule has 0 saturated carbocycles. The van der Waals surface area contributed by atoms with Crippen molar-refractivity contribution in [1.29, 1.82) is 0 Å². The van der Waals surface area contributed by atoms with E-state index in [-0.39, 0.29) is 0 Å². The van der Waals surface area contributed by atoms with Crippen LogP contribution < -0.4 is 10.6 Å². The quantitative estimate of drug-likeness (QED) is 0.826. The lowest BCUT2D eigenvalue weighted by molar-refractivity contribution is 0.668. The van der Waals surface area contributed by atoms with Crippen LogP contribution in [0.1, 0.15) is 24.6 Å². The van der Waals surface area contributed by atoms with E-state index >= 15 is 0 Å². The van der Waals surface area contributed by atoms with E-state index in [0.717, 1.165) is 35.1 Å². The van der Waals surface area contributed by atoms with E-state index in [4.69, 9.17) is 23.8 Å². The summed E-state index contributed by atoms with van der Waals surface area (Å²) in [6, 6.07) is 9.77. The van der Waals surface area contributed by atoms with Crippen LogP contribution in [0.5, 0.6) is 0 Å². The normalized spacial score (nSPS) is 10.4. The second-order valence-corrected chi connectivity index (χ2v) is 5.68. The molecule has 0 atom stereocenters. The van der Waals surface area contributed by atoms with Crippen LogP contribution in [0.15, 0.2) is 30.3 Å². The molecule has 0 fully saturated rings. The lowest BCUT2D eigenvalue weighted by atomic mass is 10.2. The summed E-state index contributed by atoms with van der Waals surface area (Å²) in [6.07, 6.45) is 1.03. The minimum absolute atomic E-state index is 0.605. The maximum absolute atomic E-state index is 5.90. The van der Waals surface area contributed by atoms with E-state index in [2.05, 4.69) is 22.7 Å². The smallest absolute Gasteiger partial charge is 0.171 e. The molecule has 0 aliphatic heterocycles. The SMILES string of the molecule is CCCNC(=S)Nc1cc(C)n(Cc2ccc(Cl)cc2)n1. The first-order chi connectivity index (χ1) is 10.1. The largest absolute Gasteiger partial charge is 0.362 e. The van der Waals surface area contributed by atoms with Crippen molar-refractivity contribution in [3.05, 3.63) is 46.6 Å². The highest BCUT2D eigenvalue weighted by Crippen LogP contribution is 2.13. The Morgan fingerprint density at radius 2 is 2.05 bits per heavy atom. The van der Waals surface area contributed by atoms with Crippen molar-refractivity contribution in [2.45, 2.75) is 26.8 Å². The number of nitrogens with zero attached hydrogens (tertiary/aromatic N) is 2. The van der Waals surface area contributed by atoms with Crippen LogP contribution in [0.4, 0.5) is 5.82 Å². The molecule has 2 N–H and O–H groups in total. The van der Waals surface area contributed by atoms with Gasteiger partial charge in [-0.3, -0.25) is 4.68 Å². The number of thiocarbonyl (C=S) groups is 1. The average molecular weight is 323 g/mol. The minimum Gasteiger partial charge on any atom is -0.362 e. The summed E-state index contributed by atoms with van der Waals surface area (Å²) in [4.78, 5) is 0. The van der Waals surface area contributed by atoms with Gasteiger partial charge < -0.3 is 10.6 Å². The third kappa shape index (κ3) is 4.72. The maximum atomic E-state index is 5.90. The molecule has 0 aliphatic carbocycles. The lowest BCUT2D eigenvalue weighted by Gasteiger charge is -2.07. The Morgan fingerprint density at radius 1 is 1.33 bits per heavy atom. The van der Waals surface area contributed by atoms with Gasteiger partial charge in [0.05, 0.1) is 6.54 Å². The average Bonchev–Trinajstić information content (AvgIpc) is 2.79. The van der Waals surface area contributed by atoms with Gasteiger partial charge in [-0.25, -0.2) is 0 Å². The van der Waals surface area contributed by atoms with Gasteiger partial charge in [0, 0.05) is 23.3 Å². The van der Waals surface area contributed by atoms with Gasteiger partial charge in [-0.05, 0) is 43.3 Å². The number of aryl methyl sites for hydroxylation is 1. The highest BCUT2D eigenvalue weighted by molar-refractivity contribution is 7.80. The molecule has 112 valence electrons. The van der Waals surface area contributed by atoms with E-state index in [1.165, 1.54) is 0 Å². The zero-order chi connectivity index (χ0) is 15.2. The number of anilines is 1. The molecule has 21 heavy (non-hydrogen) atoms.